The molecule has 0 saturated heterocycles. The van der Waals surface area contributed by atoms with Crippen LogP contribution in [0.4, 0.5) is 0 Å². The van der Waals surface area contributed by atoms with Crippen molar-refractivity contribution in [3.05, 3.63) is 18.0 Å². The number of likely N-dealkylation sites (N-methyl/N-ethyl adjacent to an activating group) is 1. The first kappa shape index (κ1) is 15.5. The SMILES string of the molecule is CNCc1cc(S(=O)(=O)NCC(C)N(C)C2CC2)c[nH]1. The van der Waals surface area contributed by atoms with Gasteiger partial charge in [0.2, 0.25) is 10.0 Å². The number of hydrogen-bond donors (Lipinski definition) is 3. The summed E-state index contributed by atoms with van der Waals surface area (Å²) in [6, 6.07) is 2.49. The Kier molecular flexibility index (Phi) is 4.85. The molecule has 1 atom stereocenters. The summed E-state index contributed by atoms with van der Waals surface area (Å²) in [4.78, 5) is 5.50. The number of rotatable bonds is 8. The lowest BCUT2D eigenvalue weighted by Gasteiger charge is -2.24. The molecule has 7 heteroatoms. The second-order valence-electron chi connectivity index (χ2n) is 5.49. The maximum atomic E-state index is 12.2. The molecule has 0 amide bonds. The number of nitrogens with zero attached hydrogens (tertiary/aromatic N) is 1. The van der Waals surface area contributed by atoms with Crippen molar-refractivity contribution in [2.24, 2.45) is 0 Å². The number of nitrogens with one attached hydrogen (secondary N) is 3. The highest BCUT2D eigenvalue weighted by Crippen LogP contribution is 2.26. The number of H-pyrrole nitrogens is 1. The van der Waals surface area contributed by atoms with Crippen LogP contribution in [0.2, 0.25) is 0 Å². The molecule has 3 N–H and O–H groups in total. The lowest BCUT2D eigenvalue weighted by atomic mass is 10.3. The van der Waals surface area contributed by atoms with Crippen molar-refractivity contribution < 1.29 is 8.42 Å². The summed E-state index contributed by atoms with van der Waals surface area (Å²) in [5.74, 6) is 0. The molecule has 114 valence electrons. The molecular weight excluding hydrogens is 276 g/mol. The molecule has 1 fully saturated rings. The number of aromatic amines is 1. The molecule has 1 heterocycles. The highest BCUT2D eigenvalue weighted by atomic mass is 32.2. The van der Waals surface area contributed by atoms with Crippen molar-refractivity contribution in [3.63, 3.8) is 0 Å². The van der Waals surface area contributed by atoms with E-state index < -0.39 is 10.0 Å². The van der Waals surface area contributed by atoms with Gasteiger partial charge in [-0.1, -0.05) is 0 Å². The van der Waals surface area contributed by atoms with Crippen LogP contribution in [-0.2, 0) is 16.6 Å². The van der Waals surface area contributed by atoms with Gasteiger partial charge in [0.15, 0.2) is 0 Å². The Labute approximate surface area is 121 Å². The molecule has 1 saturated carbocycles. The van der Waals surface area contributed by atoms with Crippen molar-refractivity contribution >= 4 is 10.0 Å². The maximum Gasteiger partial charge on any atom is 0.242 e. The lowest BCUT2D eigenvalue weighted by molar-refractivity contribution is 0.248. The number of hydrogen-bond acceptors (Lipinski definition) is 4. The van der Waals surface area contributed by atoms with Crippen LogP contribution in [0.15, 0.2) is 17.2 Å². The second-order valence-corrected chi connectivity index (χ2v) is 7.26. The van der Waals surface area contributed by atoms with Gasteiger partial charge in [-0.25, -0.2) is 13.1 Å². The average molecular weight is 300 g/mol. The second kappa shape index (κ2) is 6.26. The van der Waals surface area contributed by atoms with Crippen molar-refractivity contribution in [1.82, 2.24) is 19.9 Å². The minimum atomic E-state index is -3.43. The Bertz CT molecular complexity index is 536. The molecule has 1 unspecified atom stereocenters. The summed E-state index contributed by atoms with van der Waals surface area (Å²) in [6.07, 6.45) is 3.97. The van der Waals surface area contributed by atoms with Crippen molar-refractivity contribution in [2.75, 3.05) is 20.6 Å². The van der Waals surface area contributed by atoms with Crippen LogP contribution in [0, 0.1) is 0 Å². The fraction of sp³-hybridized carbons (Fsp3) is 0.692. The van der Waals surface area contributed by atoms with Gasteiger partial charge in [0.05, 0.1) is 4.90 Å². The van der Waals surface area contributed by atoms with Gasteiger partial charge >= 0.3 is 0 Å². The first-order valence-corrected chi connectivity index (χ1v) is 8.46. The van der Waals surface area contributed by atoms with E-state index in [1.54, 1.807) is 6.07 Å². The van der Waals surface area contributed by atoms with Gasteiger partial charge in [-0.2, -0.15) is 0 Å². The monoisotopic (exact) mass is 300 g/mol. The van der Waals surface area contributed by atoms with Crippen molar-refractivity contribution in [3.8, 4) is 0 Å². The van der Waals surface area contributed by atoms with Gasteiger partial charge in [0.25, 0.3) is 0 Å². The Morgan fingerprint density at radius 1 is 1.50 bits per heavy atom. The quantitative estimate of drug-likeness (QED) is 0.653. The highest BCUT2D eigenvalue weighted by Gasteiger charge is 2.29. The van der Waals surface area contributed by atoms with Crippen LogP contribution in [0.5, 0.6) is 0 Å². The summed E-state index contributed by atoms with van der Waals surface area (Å²) in [7, 11) is 0.448. The maximum absolute atomic E-state index is 12.2. The van der Waals surface area contributed by atoms with Gasteiger partial charge in [0.1, 0.15) is 0 Å². The zero-order valence-corrected chi connectivity index (χ0v) is 13.1. The molecule has 2 rings (SSSR count). The van der Waals surface area contributed by atoms with Crippen LogP contribution in [0.1, 0.15) is 25.5 Å². The summed E-state index contributed by atoms with van der Waals surface area (Å²) in [5, 5.41) is 2.98. The highest BCUT2D eigenvalue weighted by molar-refractivity contribution is 7.89. The summed E-state index contributed by atoms with van der Waals surface area (Å²) < 4.78 is 27.1. The van der Waals surface area contributed by atoms with Crippen LogP contribution in [0.25, 0.3) is 0 Å². The average Bonchev–Trinajstić information content (AvgIpc) is 3.15. The molecular formula is C13H24N4O2S. The Balaban J connectivity index is 1.92. The van der Waals surface area contributed by atoms with Gasteiger partial charge in [-0.05, 0) is 39.9 Å². The van der Waals surface area contributed by atoms with E-state index in [9.17, 15) is 8.42 Å². The van der Waals surface area contributed by atoms with Crippen LogP contribution in [-0.4, -0.2) is 51.0 Å². The minimum Gasteiger partial charge on any atom is -0.363 e. The molecule has 1 aromatic rings. The van der Waals surface area contributed by atoms with Gasteiger partial charge in [0, 0.05) is 37.1 Å². The fourth-order valence-corrected chi connectivity index (χ4v) is 3.30. The summed E-state index contributed by atoms with van der Waals surface area (Å²) in [5.41, 5.74) is 0.857. The zero-order chi connectivity index (χ0) is 14.8. The number of aromatic nitrogens is 1. The van der Waals surface area contributed by atoms with Gasteiger partial charge < -0.3 is 10.3 Å². The smallest absolute Gasteiger partial charge is 0.242 e. The fourth-order valence-electron chi connectivity index (χ4n) is 2.17. The minimum absolute atomic E-state index is 0.202. The lowest BCUT2D eigenvalue weighted by Crippen LogP contribution is -2.41. The third-order valence-electron chi connectivity index (χ3n) is 3.78. The topological polar surface area (TPSA) is 77.2 Å². The molecule has 0 aliphatic heterocycles. The molecule has 1 aromatic heterocycles. The van der Waals surface area contributed by atoms with E-state index in [1.807, 2.05) is 14.0 Å². The van der Waals surface area contributed by atoms with Gasteiger partial charge in [-0.3, -0.25) is 4.90 Å². The summed E-state index contributed by atoms with van der Waals surface area (Å²) >= 11 is 0. The standard InChI is InChI=1S/C13H24N4O2S/c1-10(17(3)12-4-5-12)7-16-20(18,19)13-6-11(8-14-2)15-9-13/h6,9-10,12,14-16H,4-5,7-8H2,1-3H3. The number of sulfonamides is 1. The molecule has 0 radical (unpaired) electrons. The normalized spacial score (nSPS) is 17.6. The Morgan fingerprint density at radius 2 is 2.20 bits per heavy atom. The van der Waals surface area contributed by atoms with E-state index in [4.69, 9.17) is 0 Å². The van der Waals surface area contributed by atoms with Crippen LogP contribution >= 0.6 is 0 Å². The van der Waals surface area contributed by atoms with Crippen molar-refractivity contribution in [2.45, 2.75) is 43.3 Å². The molecule has 20 heavy (non-hydrogen) atoms. The van der Waals surface area contributed by atoms with Gasteiger partial charge in [-0.15, -0.1) is 0 Å². The van der Waals surface area contributed by atoms with E-state index in [1.165, 1.54) is 19.0 Å². The van der Waals surface area contributed by atoms with Crippen molar-refractivity contribution in [1.29, 1.82) is 0 Å². The third kappa shape index (κ3) is 3.82. The molecule has 1 aliphatic carbocycles. The van der Waals surface area contributed by atoms with Crippen LogP contribution in [0.3, 0.4) is 0 Å². The third-order valence-corrected chi connectivity index (χ3v) is 5.18. The first-order chi connectivity index (χ1) is 9.44. The van der Waals surface area contributed by atoms with E-state index >= 15 is 0 Å². The first-order valence-electron chi connectivity index (χ1n) is 6.97. The predicted molar refractivity (Wildman–Crippen MR) is 79.0 cm³/mol. The molecule has 0 spiro atoms. The summed E-state index contributed by atoms with van der Waals surface area (Å²) in [6.45, 7) is 3.10. The molecule has 0 aromatic carbocycles. The molecule has 1 aliphatic rings. The Morgan fingerprint density at radius 3 is 2.80 bits per heavy atom. The van der Waals surface area contributed by atoms with E-state index in [0.717, 1.165) is 5.69 Å². The van der Waals surface area contributed by atoms with E-state index in [-0.39, 0.29) is 6.04 Å². The molecule has 6 nitrogen and oxygen atoms in total. The van der Waals surface area contributed by atoms with E-state index in [0.29, 0.717) is 24.0 Å². The van der Waals surface area contributed by atoms with Crippen LogP contribution < -0.4 is 10.0 Å². The predicted octanol–water partition coefficient (Wildman–Crippen LogP) is 0.495. The Hall–Kier alpha value is -0.890. The largest absolute Gasteiger partial charge is 0.363 e. The zero-order valence-electron chi connectivity index (χ0n) is 12.3. The van der Waals surface area contributed by atoms with E-state index in [2.05, 4.69) is 27.0 Å². The molecule has 0 bridgehead atoms.